The van der Waals surface area contributed by atoms with Crippen LogP contribution in [0.25, 0.3) is 10.9 Å². The van der Waals surface area contributed by atoms with E-state index in [0.29, 0.717) is 6.04 Å². The van der Waals surface area contributed by atoms with Crippen molar-refractivity contribution in [3.05, 3.63) is 36.5 Å². The number of piperidine rings is 1. The highest BCUT2D eigenvalue weighted by atomic mass is 15.3. The maximum atomic E-state index is 4.61. The Balaban J connectivity index is 1.69. The molecule has 2 atom stereocenters. The standard InChI is InChI=1S/C16H19N3/c1-2-6-16-13(4-1)10-15(11-17-16)19-9-8-18-7-3-5-14(19)12-18/h1-2,4,6,10-11,14H,3,5,7-9,12H2. The molecule has 1 aromatic carbocycles. The van der Waals surface area contributed by atoms with Gasteiger partial charge >= 0.3 is 0 Å². The molecule has 19 heavy (non-hydrogen) atoms. The first-order valence-corrected chi connectivity index (χ1v) is 7.24. The van der Waals surface area contributed by atoms with Gasteiger partial charge in [0, 0.05) is 31.1 Å². The monoisotopic (exact) mass is 253 g/mol. The van der Waals surface area contributed by atoms with Crippen molar-refractivity contribution < 1.29 is 0 Å². The van der Waals surface area contributed by atoms with E-state index >= 15 is 0 Å². The molecule has 2 aliphatic heterocycles. The Bertz CT molecular complexity index is 595. The predicted octanol–water partition coefficient (Wildman–Crippen LogP) is 2.52. The molecule has 0 spiro atoms. The second-order valence-corrected chi connectivity index (χ2v) is 5.68. The molecule has 0 radical (unpaired) electrons. The molecule has 2 saturated heterocycles. The summed E-state index contributed by atoms with van der Waals surface area (Å²) < 4.78 is 0. The molecule has 3 heterocycles. The molecule has 3 nitrogen and oxygen atoms in total. The van der Waals surface area contributed by atoms with E-state index in [1.54, 1.807) is 0 Å². The summed E-state index contributed by atoms with van der Waals surface area (Å²) in [7, 11) is 0. The first-order chi connectivity index (χ1) is 9.40. The predicted molar refractivity (Wildman–Crippen MR) is 78.6 cm³/mol. The van der Waals surface area contributed by atoms with Gasteiger partial charge in [0.25, 0.3) is 0 Å². The van der Waals surface area contributed by atoms with Crippen LogP contribution in [0.5, 0.6) is 0 Å². The van der Waals surface area contributed by atoms with Crippen LogP contribution in [0.2, 0.25) is 0 Å². The average Bonchev–Trinajstić information content (AvgIpc) is 2.47. The highest BCUT2D eigenvalue weighted by Gasteiger charge is 2.30. The van der Waals surface area contributed by atoms with Crippen molar-refractivity contribution in [2.45, 2.75) is 18.9 Å². The van der Waals surface area contributed by atoms with E-state index in [1.807, 2.05) is 6.20 Å². The van der Waals surface area contributed by atoms with Gasteiger partial charge in [0.1, 0.15) is 0 Å². The van der Waals surface area contributed by atoms with Gasteiger partial charge in [-0.2, -0.15) is 0 Å². The Morgan fingerprint density at radius 1 is 1.11 bits per heavy atom. The number of anilines is 1. The SMILES string of the molecule is c1ccc2ncc(N3CCN4CCCC3C4)cc2c1. The number of hydrogen-bond acceptors (Lipinski definition) is 3. The molecule has 2 fully saturated rings. The largest absolute Gasteiger partial charge is 0.365 e. The van der Waals surface area contributed by atoms with E-state index in [-0.39, 0.29) is 0 Å². The highest BCUT2D eigenvalue weighted by Crippen LogP contribution is 2.27. The van der Waals surface area contributed by atoms with E-state index in [9.17, 15) is 0 Å². The first-order valence-electron chi connectivity index (χ1n) is 7.24. The third kappa shape index (κ3) is 1.98. The molecule has 98 valence electrons. The van der Waals surface area contributed by atoms with Crippen LogP contribution in [0.1, 0.15) is 12.8 Å². The minimum atomic E-state index is 0.686. The maximum absolute atomic E-state index is 4.61. The fraction of sp³-hybridized carbons (Fsp3) is 0.438. The van der Waals surface area contributed by atoms with Crippen LogP contribution in [0.15, 0.2) is 36.5 Å². The van der Waals surface area contributed by atoms with Crippen LogP contribution in [0.4, 0.5) is 5.69 Å². The van der Waals surface area contributed by atoms with E-state index in [1.165, 1.54) is 43.5 Å². The number of pyridine rings is 1. The lowest BCUT2D eigenvalue weighted by Crippen LogP contribution is -2.56. The van der Waals surface area contributed by atoms with Crippen molar-refractivity contribution in [1.29, 1.82) is 0 Å². The number of benzene rings is 1. The Labute approximate surface area is 113 Å². The lowest BCUT2D eigenvalue weighted by Gasteiger charge is -2.46. The molecule has 2 aliphatic rings. The summed E-state index contributed by atoms with van der Waals surface area (Å²) in [6, 6.07) is 11.4. The van der Waals surface area contributed by atoms with Crippen molar-refractivity contribution in [3.63, 3.8) is 0 Å². The summed E-state index contributed by atoms with van der Waals surface area (Å²) in [5, 5.41) is 1.25. The zero-order valence-corrected chi connectivity index (χ0v) is 11.1. The zero-order valence-electron chi connectivity index (χ0n) is 11.1. The van der Waals surface area contributed by atoms with Gasteiger partial charge in [0.15, 0.2) is 0 Å². The van der Waals surface area contributed by atoms with Crippen molar-refractivity contribution >= 4 is 16.6 Å². The molecule has 2 unspecified atom stereocenters. The quantitative estimate of drug-likeness (QED) is 0.778. The smallest absolute Gasteiger partial charge is 0.0703 e. The molecule has 3 heteroatoms. The van der Waals surface area contributed by atoms with Crippen molar-refractivity contribution in [3.8, 4) is 0 Å². The van der Waals surface area contributed by atoms with Gasteiger partial charge in [-0.15, -0.1) is 0 Å². The van der Waals surface area contributed by atoms with Crippen LogP contribution < -0.4 is 4.90 Å². The first kappa shape index (κ1) is 11.2. The molecule has 2 aromatic rings. The van der Waals surface area contributed by atoms with Gasteiger partial charge in [-0.25, -0.2) is 0 Å². The molecular formula is C16H19N3. The van der Waals surface area contributed by atoms with E-state index < -0.39 is 0 Å². The highest BCUT2D eigenvalue weighted by molar-refractivity contribution is 5.81. The number of piperazine rings is 1. The topological polar surface area (TPSA) is 19.4 Å². The molecule has 4 rings (SSSR count). The van der Waals surface area contributed by atoms with Gasteiger partial charge in [0.05, 0.1) is 17.4 Å². The zero-order chi connectivity index (χ0) is 12.7. The number of rotatable bonds is 1. The summed E-state index contributed by atoms with van der Waals surface area (Å²) in [4.78, 5) is 9.77. The van der Waals surface area contributed by atoms with Gasteiger partial charge in [-0.05, 0) is 31.5 Å². The molecule has 1 aromatic heterocycles. The molecule has 0 saturated carbocycles. The summed E-state index contributed by atoms with van der Waals surface area (Å²) >= 11 is 0. The Kier molecular flexibility index (Phi) is 2.66. The summed E-state index contributed by atoms with van der Waals surface area (Å²) in [5.74, 6) is 0. The minimum Gasteiger partial charge on any atom is -0.365 e. The summed E-state index contributed by atoms with van der Waals surface area (Å²) in [6.07, 6.45) is 4.71. The minimum absolute atomic E-state index is 0.686. The van der Waals surface area contributed by atoms with Crippen LogP contribution >= 0.6 is 0 Å². The summed E-state index contributed by atoms with van der Waals surface area (Å²) in [6.45, 7) is 4.86. The average molecular weight is 253 g/mol. The van der Waals surface area contributed by atoms with Gasteiger partial charge in [-0.3, -0.25) is 9.88 Å². The van der Waals surface area contributed by atoms with Gasteiger partial charge < -0.3 is 4.90 Å². The van der Waals surface area contributed by atoms with E-state index in [2.05, 4.69) is 45.1 Å². The second-order valence-electron chi connectivity index (χ2n) is 5.68. The summed E-state index contributed by atoms with van der Waals surface area (Å²) in [5.41, 5.74) is 2.39. The van der Waals surface area contributed by atoms with Crippen LogP contribution in [-0.2, 0) is 0 Å². The lowest BCUT2D eigenvalue weighted by molar-refractivity contribution is 0.174. The fourth-order valence-electron chi connectivity index (χ4n) is 3.48. The molecule has 0 N–H and O–H groups in total. The number of fused-ring (bicyclic) bond motifs is 3. The molecule has 0 aliphatic carbocycles. The third-order valence-corrected chi connectivity index (χ3v) is 4.49. The molecule has 0 amide bonds. The van der Waals surface area contributed by atoms with Crippen molar-refractivity contribution in [1.82, 2.24) is 9.88 Å². The number of aromatic nitrogens is 1. The van der Waals surface area contributed by atoms with Crippen molar-refractivity contribution in [2.24, 2.45) is 0 Å². The van der Waals surface area contributed by atoms with E-state index in [4.69, 9.17) is 0 Å². The Hall–Kier alpha value is -1.61. The molecular weight excluding hydrogens is 234 g/mol. The third-order valence-electron chi connectivity index (χ3n) is 4.49. The van der Waals surface area contributed by atoms with Crippen LogP contribution in [0.3, 0.4) is 0 Å². The Morgan fingerprint density at radius 3 is 3.05 bits per heavy atom. The van der Waals surface area contributed by atoms with Crippen LogP contribution in [-0.4, -0.2) is 42.1 Å². The lowest BCUT2D eigenvalue weighted by atomic mass is 10.0. The maximum Gasteiger partial charge on any atom is 0.0703 e. The second kappa shape index (κ2) is 4.49. The van der Waals surface area contributed by atoms with Crippen molar-refractivity contribution in [2.75, 3.05) is 31.1 Å². The number of nitrogens with zero attached hydrogens (tertiary/aromatic N) is 3. The Morgan fingerprint density at radius 2 is 2.05 bits per heavy atom. The van der Waals surface area contributed by atoms with E-state index in [0.717, 1.165) is 12.1 Å². The van der Waals surface area contributed by atoms with Crippen LogP contribution in [0, 0.1) is 0 Å². The molecule has 2 bridgehead atoms. The number of hydrogen-bond donors (Lipinski definition) is 0. The normalized spacial score (nSPS) is 26.6. The van der Waals surface area contributed by atoms with Gasteiger partial charge in [0.2, 0.25) is 0 Å². The van der Waals surface area contributed by atoms with Gasteiger partial charge in [-0.1, -0.05) is 18.2 Å². The fourth-order valence-corrected chi connectivity index (χ4v) is 3.48. The number of para-hydroxylation sites is 1.